The zero-order valence-corrected chi connectivity index (χ0v) is 11.8. The molecule has 4 nitrogen and oxygen atoms in total. The number of hydrogen-bond donors (Lipinski definition) is 1. The van der Waals surface area contributed by atoms with Gasteiger partial charge in [-0.3, -0.25) is 0 Å². The molecule has 0 saturated heterocycles. The maximum absolute atomic E-state index is 11.4. The molecule has 5 heteroatoms. The van der Waals surface area contributed by atoms with Gasteiger partial charge in [0.2, 0.25) is 0 Å². The van der Waals surface area contributed by atoms with Crippen LogP contribution < -0.4 is 0 Å². The van der Waals surface area contributed by atoms with E-state index < -0.39 is 5.97 Å². The molecule has 2 heterocycles. The Morgan fingerprint density at radius 1 is 1.21 bits per heavy atom. The van der Waals surface area contributed by atoms with Crippen molar-refractivity contribution in [1.82, 2.24) is 9.97 Å². The van der Waals surface area contributed by atoms with Crippen LogP contribution in [-0.4, -0.2) is 21.0 Å². The third-order valence-electron chi connectivity index (χ3n) is 2.68. The first-order valence-electron chi connectivity index (χ1n) is 5.80. The highest BCUT2D eigenvalue weighted by Gasteiger charge is 2.17. The van der Waals surface area contributed by atoms with E-state index in [4.69, 9.17) is 0 Å². The molecule has 0 unspecified atom stereocenters. The Kier molecular flexibility index (Phi) is 3.85. The molecule has 2 rings (SSSR count). The van der Waals surface area contributed by atoms with Crippen molar-refractivity contribution in [2.24, 2.45) is 0 Å². The summed E-state index contributed by atoms with van der Waals surface area (Å²) in [5.41, 5.74) is 2.78. The highest BCUT2D eigenvalue weighted by atomic mass is 32.2. The van der Waals surface area contributed by atoms with Crippen molar-refractivity contribution in [3.05, 3.63) is 46.8 Å². The number of rotatable bonds is 3. The normalized spacial score (nSPS) is 10.5. The molecule has 0 bridgehead atoms. The number of nitrogens with zero attached hydrogens (tertiary/aromatic N) is 2. The average Bonchev–Trinajstić information content (AvgIpc) is 2.30. The number of aromatic carboxylic acids is 1. The van der Waals surface area contributed by atoms with Crippen LogP contribution in [0.25, 0.3) is 0 Å². The van der Waals surface area contributed by atoms with Crippen LogP contribution in [0.4, 0.5) is 0 Å². The minimum absolute atomic E-state index is 0.251. The molecule has 2 aromatic heterocycles. The van der Waals surface area contributed by atoms with E-state index in [1.54, 1.807) is 19.2 Å². The summed E-state index contributed by atoms with van der Waals surface area (Å²) >= 11 is 1.29. The van der Waals surface area contributed by atoms with E-state index in [1.165, 1.54) is 11.8 Å². The summed E-state index contributed by atoms with van der Waals surface area (Å²) in [7, 11) is 0. The number of carbonyl (C=O) groups is 1. The van der Waals surface area contributed by atoms with Gasteiger partial charge in [0, 0.05) is 11.9 Å². The van der Waals surface area contributed by atoms with E-state index in [0.29, 0.717) is 5.03 Å². The van der Waals surface area contributed by atoms with E-state index in [2.05, 4.69) is 9.97 Å². The van der Waals surface area contributed by atoms with Gasteiger partial charge in [-0.05, 0) is 55.8 Å². The van der Waals surface area contributed by atoms with Crippen LogP contribution in [0.2, 0.25) is 0 Å². The summed E-state index contributed by atoms with van der Waals surface area (Å²) in [6.45, 7) is 5.58. The molecular formula is C14H14N2O2S. The summed E-state index contributed by atoms with van der Waals surface area (Å²) in [6.07, 6.45) is 1.69. The van der Waals surface area contributed by atoms with Gasteiger partial charge in [0.25, 0.3) is 0 Å². The lowest BCUT2D eigenvalue weighted by Gasteiger charge is -2.09. The predicted molar refractivity (Wildman–Crippen MR) is 73.8 cm³/mol. The number of aromatic nitrogens is 2. The third-order valence-corrected chi connectivity index (χ3v) is 3.79. The van der Waals surface area contributed by atoms with Gasteiger partial charge in [-0.1, -0.05) is 6.07 Å². The van der Waals surface area contributed by atoms with Crippen LogP contribution in [-0.2, 0) is 0 Å². The fraction of sp³-hybridized carbons (Fsp3) is 0.214. The monoisotopic (exact) mass is 274 g/mol. The van der Waals surface area contributed by atoms with Gasteiger partial charge in [-0.2, -0.15) is 0 Å². The topological polar surface area (TPSA) is 63.1 Å². The SMILES string of the molecule is Cc1cc(C)c(C(=O)O)c(Sc2ncccc2C)n1. The van der Waals surface area contributed by atoms with Crippen molar-refractivity contribution in [1.29, 1.82) is 0 Å². The fourth-order valence-electron chi connectivity index (χ4n) is 1.81. The molecule has 0 amide bonds. The summed E-state index contributed by atoms with van der Waals surface area (Å²) in [5.74, 6) is -0.957. The Labute approximate surface area is 115 Å². The van der Waals surface area contributed by atoms with E-state index in [9.17, 15) is 9.90 Å². The largest absolute Gasteiger partial charge is 0.478 e. The third kappa shape index (κ3) is 2.93. The molecule has 0 saturated carbocycles. The molecule has 0 aliphatic rings. The Hall–Kier alpha value is -1.88. The summed E-state index contributed by atoms with van der Waals surface area (Å²) in [6, 6.07) is 5.57. The molecule has 1 N–H and O–H groups in total. The standard InChI is InChI=1S/C14H14N2O2S/c1-8-5-4-6-15-12(8)19-13-11(14(17)18)9(2)7-10(3)16-13/h4-7H,1-3H3,(H,17,18). The Balaban J connectivity index is 2.51. The van der Waals surface area contributed by atoms with Gasteiger partial charge >= 0.3 is 5.97 Å². The molecule has 2 aromatic rings. The van der Waals surface area contributed by atoms with Crippen LogP contribution in [0.5, 0.6) is 0 Å². The molecule has 0 aliphatic heterocycles. The molecule has 0 aromatic carbocycles. The lowest BCUT2D eigenvalue weighted by Crippen LogP contribution is -2.05. The van der Waals surface area contributed by atoms with Crippen LogP contribution in [0.3, 0.4) is 0 Å². The first-order valence-corrected chi connectivity index (χ1v) is 6.61. The molecule has 98 valence electrons. The highest BCUT2D eigenvalue weighted by molar-refractivity contribution is 7.99. The molecule has 19 heavy (non-hydrogen) atoms. The predicted octanol–water partition coefficient (Wildman–Crippen LogP) is 3.25. The lowest BCUT2D eigenvalue weighted by molar-refractivity contribution is 0.0691. The van der Waals surface area contributed by atoms with Crippen LogP contribution >= 0.6 is 11.8 Å². The van der Waals surface area contributed by atoms with Crippen LogP contribution in [0.1, 0.15) is 27.2 Å². The summed E-state index contributed by atoms with van der Waals surface area (Å²) in [4.78, 5) is 20.0. The van der Waals surface area contributed by atoms with Crippen molar-refractivity contribution in [2.75, 3.05) is 0 Å². The first-order chi connectivity index (χ1) is 8.99. The Morgan fingerprint density at radius 3 is 2.58 bits per heavy atom. The Morgan fingerprint density at radius 2 is 1.95 bits per heavy atom. The van der Waals surface area contributed by atoms with Crippen molar-refractivity contribution >= 4 is 17.7 Å². The Bertz CT molecular complexity index is 641. The van der Waals surface area contributed by atoms with Crippen molar-refractivity contribution in [3.63, 3.8) is 0 Å². The van der Waals surface area contributed by atoms with Crippen LogP contribution in [0, 0.1) is 20.8 Å². The quantitative estimate of drug-likeness (QED) is 0.930. The highest BCUT2D eigenvalue weighted by Crippen LogP contribution is 2.31. The minimum atomic E-state index is -0.957. The molecule has 0 atom stereocenters. The molecule has 0 fully saturated rings. The van der Waals surface area contributed by atoms with Gasteiger partial charge < -0.3 is 5.11 Å². The summed E-state index contributed by atoms with van der Waals surface area (Å²) < 4.78 is 0. The lowest BCUT2D eigenvalue weighted by atomic mass is 10.1. The van der Waals surface area contributed by atoms with Crippen molar-refractivity contribution < 1.29 is 9.90 Å². The van der Waals surface area contributed by atoms with E-state index in [0.717, 1.165) is 21.8 Å². The molecule has 0 radical (unpaired) electrons. The van der Waals surface area contributed by atoms with E-state index in [1.807, 2.05) is 26.0 Å². The number of carboxylic acids is 1. The second-order valence-corrected chi connectivity index (χ2v) is 5.27. The van der Waals surface area contributed by atoms with Gasteiger partial charge in [0.15, 0.2) is 0 Å². The molecule has 0 aliphatic carbocycles. The number of aryl methyl sites for hydroxylation is 3. The molecule has 0 spiro atoms. The smallest absolute Gasteiger partial charge is 0.338 e. The maximum Gasteiger partial charge on any atom is 0.338 e. The first kappa shape index (κ1) is 13.5. The van der Waals surface area contributed by atoms with Crippen LogP contribution in [0.15, 0.2) is 34.4 Å². The fourth-order valence-corrected chi connectivity index (χ4v) is 2.87. The maximum atomic E-state index is 11.4. The second-order valence-electron chi connectivity index (χ2n) is 4.29. The minimum Gasteiger partial charge on any atom is -0.478 e. The zero-order valence-electron chi connectivity index (χ0n) is 11.0. The van der Waals surface area contributed by atoms with E-state index in [-0.39, 0.29) is 5.56 Å². The second kappa shape index (κ2) is 5.40. The average molecular weight is 274 g/mol. The summed E-state index contributed by atoms with van der Waals surface area (Å²) in [5, 5.41) is 10.6. The van der Waals surface area contributed by atoms with E-state index >= 15 is 0 Å². The van der Waals surface area contributed by atoms with Gasteiger partial charge in [-0.25, -0.2) is 14.8 Å². The van der Waals surface area contributed by atoms with Gasteiger partial charge in [-0.15, -0.1) is 0 Å². The number of hydrogen-bond acceptors (Lipinski definition) is 4. The number of carboxylic acid groups (broad SMARTS) is 1. The van der Waals surface area contributed by atoms with Crippen molar-refractivity contribution in [3.8, 4) is 0 Å². The van der Waals surface area contributed by atoms with Crippen molar-refractivity contribution in [2.45, 2.75) is 30.8 Å². The zero-order chi connectivity index (χ0) is 14.0. The number of pyridine rings is 2. The van der Waals surface area contributed by atoms with Gasteiger partial charge in [0.1, 0.15) is 10.1 Å². The molecular weight excluding hydrogens is 260 g/mol. The van der Waals surface area contributed by atoms with Gasteiger partial charge in [0.05, 0.1) is 5.56 Å².